The van der Waals surface area contributed by atoms with Crippen LogP contribution in [-0.2, 0) is 9.53 Å². The van der Waals surface area contributed by atoms with E-state index in [1.807, 2.05) is 30.3 Å². The van der Waals surface area contributed by atoms with Crippen LogP contribution in [0.3, 0.4) is 0 Å². The first-order chi connectivity index (χ1) is 11.0. The van der Waals surface area contributed by atoms with E-state index < -0.39 is 12.1 Å². The van der Waals surface area contributed by atoms with Crippen molar-refractivity contribution in [2.24, 2.45) is 0 Å². The molecule has 2 rings (SSSR count). The van der Waals surface area contributed by atoms with Crippen molar-refractivity contribution in [1.82, 2.24) is 10.3 Å². The summed E-state index contributed by atoms with van der Waals surface area (Å²) < 4.78 is 5.21. The number of aromatic nitrogens is 1. The lowest BCUT2D eigenvalue weighted by Crippen LogP contribution is -2.35. The second-order valence-corrected chi connectivity index (χ2v) is 5.88. The van der Waals surface area contributed by atoms with Gasteiger partial charge in [0.1, 0.15) is 9.88 Å². The molecule has 2 aromatic rings. The van der Waals surface area contributed by atoms with Crippen molar-refractivity contribution in [3.8, 4) is 10.6 Å². The zero-order valence-corrected chi connectivity index (χ0v) is 13.9. The minimum absolute atomic E-state index is 0.332. The number of carbonyl (C=O) groups excluding carboxylic acids is 2. The predicted molar refractivity (Wildman–Crippen MR) is 90.4 cm³/mol. The fraction of sp³-hybridized carbons (Fsp3) is 0.235. The lowest BCUT2D eigenvalue weighted by molar-refractivity contribution is -0.128. The van der Waals surface area contributed by atoms with Gasteiger partial charge in [-0.05, 0) is 13.8 Å². The maximum absolute atomic E-state index is 12.2. The lowest BCUT2D eigenvalue weighted by atomic mass is 10.2. The number of benzene rings is 1. The third kappa shape index (κ3) is 4.26. The summed E-state index contributed by atoms with van der Waals surface area (Å²) in [6.45, 7) is 7.13. The summed E-state index contributed by atoms with van der Waals surface area (Å²) in [5.41, 5.74) is 1.54. The SMILES string of the molecule is C=CCNC(=O)C(C)OC(=O)c1sc(-c2ccccc2)nc1C. The molecule has 6 heteroatoms. The van der Waals surface area contributed by atoms with Gasteiger partial charge in [-0.25, -0.2) is 9.78 Å². The number of esters is 1. The third-order valence-electron chi connectivity index (χ3n) is 3.08. The summed E-state index contributed by atoms with van der Waals surface area (Å²) in [7, 11) is 0. The number of hydrogen-bond acceptors (Lipinski definition) is 5. The molecule has 1 N–H and O–H groups in total. The number of rotatable bonds is 6. The van der Waals surface area contributed by atoms with Crippen molar-refractivity contribution in [1.29, 1.82) is 0 Å². The van der Waals surface area contributed by atoms with Gasteiger partial charge in [-0.1, -0.05) is 36.4 Å². The van der Waals surface area contributed by atoms with E-state index in [0.717, 1.165) is 10.6 Å². The Bertz CT molecular complexity index is 710. The van der Waals surface area contributed by atoms with Gasteiger partial charge in [0, 0.05) is 12.1 Å². The number of ether oxygens (including phenoxy) is 1. The summed E-state index contributed by atoms with van der Waals surface area (Å²) in [5.74, 6) is -0.896. The molecule has 0 bridgehead atoms. The van der Waals surface area contributed by atoms with Crippen molar-refractivity contribution in [3.63, 3.8) is 0 Å². The summed E-state index contributed by atoms with van der Waals surface area (Å²) >= 11 is 1.26. The molecular formula is C17H18N2O3S. The average Bonchev–Trinajstić information content (AvgIpc) is 2.95. The molecular weight excluding hydrogens is 312 g/mol. The third-order valence-corrected chi connectivity index (χ3v) is 4.26. The van der Waals surface area contributed by atoms with Crippen LogP contribution in [0, 0.1) is 6.92 Å². The van der Waals surface area contributed by atoms with Gasteiger partial charge in [0.25, 0.3) is 5.91 Å². The standard InChI is InChI=1S/C17H18N2O3S/c1-4-10-18-15(20)12(3)22-17(21)14-11(2)19-16(23-14)13-8-6-5-7-9-13/h4-9,12H,1,10H2,2-3H3,(H,18,20). The fourth-order valence-electron chi connectivity index (χ4n) is 1.87. The Morgan fingerprint density at radius 3 is 2.74 bits per heavy atom. The molecule has 0 aliphatic heterocycles. The highest BCUT2D eigenvalue weighted by Gasteiger charge is 2.22. The Morgan fingerprint density at radius 1 is 1.39 bits per heavy atom. The number of amides is 1. The number of carbonyl (C=O) groups is 2. The van der Waals surface area contributed by atoms with Crippen molar-refractivity contribution in [2.45, 2.75) is 20.0 Å². The van der Waals surface area contributed by atoms with Crippen LogP contribution in [0.5, 0.6) is 0 Å². The predicted octanol–water partition coefficient (Wildman–Crippen LogP) is 2.97. The molecule has 1 amide bonds. The highest BCUT2D eigenvalue weighted by Crippen LogP contribution is 2.28. The van der Waals surface area contributed by atoms with Crippen molar-refractivity contribution in [3.05, 3.63) is 53.6 Å². The van der Waals surface area contributed by atoms with Gasteiger partial charge in [0.15, 0.2) is 6.10 Å². The van der Waals surface area contributed by atoms with E-state index in [1.54, 1.807) is 13.0 Å². The van der Waals surface area contributed by atoms with Crippen LogP contribution in [0.1, 0.15) is 22.3 Å². The van der Waals surface area contributed by atoms with E-state index in [2.05, 4.69) is 16.9 Å². The lowest BCUT2D eigenvalue weighted by Gasteiger charge is -2.12. The summed E-state index contributed by atoms with van der Waals surface area (Å²) in [6, 6.07) is 9.60. The first-order valence-corrected chi connectivity index (χ1v) is 7.97. The van der Waals surface area contributed by atoms with Gasteiger partial charge >= 0.3 is 5.97 Å². The Kier molecular flexibility index (Phi) is 5.65. The minimum Gasteiger partial charge on any atom is -0.448 e. The molecule has 1 aromatic heterocycles. The van der Waals surface area contributed by atoms with Crippen molar-refractivity contribution >= 4 is 23.2 Å². The molecule has 0 saturated carbocycles. The van der Waals surface area contributed by atoms with E-state index in [4.69, 9.17) is 4.74 Å². The molecule has 1 aromatic carbocycles. The molecule has 0 saturated heterocycles. The number of nitrogens with one attached hydrogen (secondary N) is 1. The smallest absolute Gasteiger partial charge is 0.351 e. The van der Waals surface area contributed by atoms with Crippen LogP contribution in [-0.4, -0.2) is 29.5 Å². The van der Waals surface area contributed by atoms with E-state index in [1.165, 1.54) is 18.3 Å². The van der Waals surface area contributed by atoms with Crippen LogP contribution in [0.2, 0.25) is 0 Å². The molecule has 1 atom stereocenters. The molecule has 0 aliphatic rings. The highest BCUT2D eigenvalue weighted by molar-refractivity contribution is 7.17. The van der Waals surface area contributed by atoms with E-state index in [-0.39, 0.29) is 5.91 Å². The maximum Gasteiger partial charge on any atom is 0.351 e. The molecule has 0 aliphatic carbocycles. The van der Waals surface area contributed by atoms with Gasteiger partial charge in [0.2, 0.25) is 0 Å². The molecule has 0 fully saturated rings. The highest BCUT2D eigenvalue weighted by atomic mass is 32.1. The number of hydrogen-bond donors (Lipinski definition) is 1. The van der Waals surface area contributed by atoms with Crippen molar-refractivity contribution < 1.29 is 14.3 Å². The van der Waals surface area contributed by atoms with Gasteiger partial charge < -0.3 is 10.1 Å². The second-order valence-electron chi connectivity index (χ2n) is 4.88. The molecule has 5 nitrogen and oxygen atoms in total. The van der Waals surface area contributed by atoms with Crippen LogP contribution in [0.4, 0.5) is 0 Å². The molecule has 120 valence electrons. The molecule has 0 spiro atoms. The molecule has 23 heavy (non-hydrogen) atoms. The zero-order valence-electron chi connectivity index (χ0n) is 13.0. The summed E-state index contributed by atoms with van der Waals surface area (Å²) in [6.07, 6.45) is 0.690. The fourth-order valence-corrected chi connectivity index (χ4v) is 2.83. The monoisotopic (exact) mass is 330 g/mol. The Labute approximate surface area is 139 Å². The van der Waals surface area contributed by atoms with Crippen LogP contribution < -0.4 is 5.32 Å². The summed E-state index contributed by atoms with van der Waals surface area (Å²) in [4.78, 5) is 28.8. The number of aryl methyl sites for hydroxylation is 1. The average molecular weight is 330 g/mol. The van der Waals surface area contributed by atoms with Gasteiger partial charge in [-0.3, -0.25) is 4.79 Å². The largest absolute Gasteiger partial charge is 0.448 e. The molecule has 1 unspecified atom stereocenters. The van der Waals surface area contributed by atoms with Gasteiger partial charge in [0.05, 0.1) is 5.69 Å². The topological polar surface area (TPSA) is 68.3 Å². The Balaban J connectivity index is 2.10. The van der Waals surface area contributed by atoms with E-state index in [9.17, 15) is 9.59 Å². The van der Waals surface area contributed by atoms with Crippen molar-refractivity contribution in [2.75, 3.05) is 6.54 Å². The maximum atomic E-state index is 12.2. The summed E-state index contributed by atoms with van der Waals surface area (Å²) in [5, 5.41) is 3.34. The Hall–Kier alpha value is -2.47. The zero-order chi connectivity index (χ0) is 16.8. The first kappa shape index (κ1) is 16.9. The van der Waals surface area contributed by atoms with E-state index in [0.29, 0.717) is 17.1 Å². The number of thiazole rings is 1. The van der Waals surface area contributed by atoms with E-state index >= 15 is 0 Å². The van der Waals surface area contributed by atoms with Crippen LogP contribution in [0.15, 0.2) is 43.0 Å². The van der Waals surface area contributed by atoms with Gasteiger partial charge in [-0.2, -0.15) is 0 Å². The first-order valence-electron chi connectivity index (χ1n) is 7.15. The van der Waals surface area contributed by atoms with Crippen LogP contribution >= 0.6 is 11.3 Å². The number of nitrogens with zero attached hydrogens (tertiary/aromatic N) is 1. The van der Waals surface area contributed by atoms with Gasteiger partial charge in [-0.15, -0.1) is 17.9 Å². The normalized spacial score (nSPS) is 11.6. The van der Waals surface area contributed by atoms with Crippen LogP contribution in [0.25, 0.3) is 10.6 Å². The quantitative estimate of drug-likeness (QED) is 0.653. The minimum atomic E-state index is -0.871. The second kappa shape index (κ2) is 7.69. The molecule has 1 heterocycles. The Morgan fingerprint density at radius 2 is 2.09 bits per heavy atom. The molecule has 0 radical (unpaired) electrons.